The maximum atomic E-state index is 12.6. The van der Waals surface area contributed by atoms with Crippen molar-refractivity contribution in [2.24, 2.45) is 0 Å². The molecule has 1 unspecified atom stereocenters. The molecule has 1 fully saturated rings. The number of carbonyl (C=O) groups excluding carboxylic acids is 1. The lowest BCUT2D eigenvalue weighted by molar-refractivity contribution is -0.148. The largest absolute Gasteiger partial charge is 0.460 e. The molecule has 132 valence electrons. The fourth-order valence-electron chi connectivity index (χ4n) is 2.80. The van der Waals surface area contributed by atoms with Crippen molar-refractivity contribution in [3.63, 3.8) is 0 Å². The van der Waals surface area contributed by atoms with E-state index in [9.17, 15) is 13.2 Å². The molecule has 0 saturated carbocycles. The molecule has 25 heavy (non-hydrogen) atoms. The highest BCUT2D eigenvalue weighted by atomic mass is 32.2. The first-order chi connectivity index (χ1) is 12.1. The van der Waals surface area contributed by atoms with E-state index in [2.05, 4.69) is 4.72 Å². The lowest BCUT2D eigenvalue weighted by atomic mass is 10.2. The van der Waals surface area contributed by atoms with Crippen LogP contribution in [-0.4, -0.2) is 31.3 Å². The second-order valence-corrected chi connectivity index (χ2v) is 7.46. The Kier molecular flexibility index (Phi) is 5.35. The molecular weight excluding hydrogens is 340 g/mol. The van der Waals surface area contributed by atoms with Gasteiger partial charge in [-0.15, -0.1) is 0 Å². The van der Waals surface area contributed by atoms with Crippen LogP contribution in [0.4, 0.5) is 5.69 Å². The predicted octanol–water partition coefficient (Wildman–Crippen LogP) is 2.55. The molecule has 0 bridgehead atoms. The number of anilines is 1. The Labute approximate surface area is 147 Å². The minimum Gasteiger partial charge on any atom is -0.460 e. The molecule has 0 amide bonds. The summed E-state index contributed by atoms with van der Waals surface area (Å²) in [4.78, 5) is 12.4. The number of ether oxygens (including phenoxy) is 1. The lowest BCUT2D eigenvalue weighted by Crippen LogP contribution is -2.44. The summed E-state index contributed by atoms with van der Waals surface area (Å²) in [5.74, 6) is -0.514. The standard InChI is InChI=1S/C18H20N2O4S/c21-18(24-14-15-8-3-1-4-9-15)17-12-7-13-20(17)25(22,23)19-16-10-5-2-6-11-16/h1-6,8-11,17,19H,7,12-14H2. The number of hydrogen-bond acceptors (Lipinski definition) is 4. The average Bonchev–Trinajstić information content (AvgIpc) is 3.12. The SMILES string of the molecule is O=C(OCc1ccccc1)C1CCCN1S(=O)(=O)Nc1ccccc1. The molecule has 1 aliphatic rings. The molecule has 1 heterocycles. The normalized spacial score (nSPS) is 18.0. The van der Waals surface area contributed by atoms with Crippen molar-refractivity contribution in [2.75, 3.05) is 11.3 Å². The summed E-state index contributed by atoms with van der Waals surface area (Å²) in [6.45, 7) is 0.434. The molecule has 2 aromatic carbocycles. The van der Waals surface area contributed by atoms with Gasteiger partial charge in [0.05, 0.1) is 0 Å². The number of benzene rings is 2. The van der Waals surface area contributed by atoms with Crippen molar-refractivity contribution in [3.8, 4) is 0 Å². The molecule has 0 radical (unpaired) electrons. The van der Waals surface area contributed by atoms with Crippen LogP contribution in [0.25, 0.3) is 0 Å². The lowest BCUT2D eigenvalue weighted by Gasteiger charge is -2.23. The third-order valence-electron chi connectivity index (χ3n) is 4.03. The van der Waals surface area contributed by atoms with E-state index < -0.39 is 22.2 Å². The van der Waals surface area contributed by atoms with Gasteiger partial charge >= 0.3 is 16.2 Å². The molecule has 2 aromatic rings. The van der Waals surface area contributed by atoms with Crippen molar-refractivity contribution < 1.29 is 17.9 Å². The van der Waals surface area contributed by atoms with E-state index in [1.54, 1.807) is 30.3 Å². The second kappa shape index (κ2) is 7.67. The summed E-state index contributed by atoms with van der Waals surface area (Å²) in [6, 6.07) is 17.1. The predicted molar refractivity (Wildman–Crippen MR) is 95.0 cm³/mol. The Bertz CT molecular complexity index is 809. The van der Waals surface area contributed by atoms with Gasteiger partial charge in [-0.25, -0.2) is 0 Å². The summed E-state index contributed by atoms with van der Waals surface area (Å²) in [5, 5.41) is 0. The van der Waals surface area contributed by atoms with E-state index in [1.165, 1.54) is 4.31 Å². The summed E-state index contributed by atoms with van der Waals surface area (Å²) < 4.78 is 34.2. The molecular formula is C18H20N2O4S. The Balaban J connectivity index is 1.66. The van der Waals surface area contributed by atoms with Gasteiger partial charge < -0.3 is 4.74 Å². The van der Waals surface area contributed by atoms with Gasteiger partial charge in [0.1, 0.15) is 12.6 Å². The number of hydrogen-bond donors (Lipinski definition) is 1. The fraction of sp³-hybridized carbons (Fsp3) is 0.278. The third-order valence-corrected chi connectivity index (χ3v) is 5.58. The first-order valence-electron chi connectivity index (χ1n) is 8.11. The minimum atomic E-state index is -3.81. The highest BCUT2D eigenvalue weighted by Crippen LogP contribution is 2.24. The molecule has 0 aliphatic carbocycles. The third kappa shape index (κ3) is 4.37. The van der Waals surface area contributed by atoms with E-state index in [-0.39, 0.29) is 6.61 Å². The van der Waals surface area contributed by atoms with Crippen molar-refractivity contribution >= 4 is 21.9 Å². The highest BCUT2D eigenvalue weighted by molar-refractivity contribution is 7.90. The number of rotatable bonds is 6. The maximum absolute atomic E-state index is 12.6. The molecule has 6 nitrogen and oxygen atoms in total. The van der Waals surface area contributed by atoms with Crippen LogP contribution in [0.1, 0.15) is 18.4 Å². The van der Waals surface area contributed by atoms with Crippen LogP contribution in [0.5, 0.6) is 0 Å². The van der Waals surface area contributed by atoms with Crippen LogP contribution >= 0.6 is 0 Å². The zero-order chi connectivity index (χ0) is 17.7. The molecule has 0 spiro atoms. The first kappa shape index (κ1) is 17.4. The summed E-state index contributed by atoms with van der Waals surface area (Å²) in [6.07, 6.45) is 1.09. The molecule has 3 rings (SSSR count). The Morgan fingerprint density at radius 1 is 1.08 bits per heavy atom. The van der Waals surface area contributed by atoms with E-state index in [0.29, 0.717) is 25.1 Å². The molecule has 1 aliphatic heterocycles. The van der Waals surface area contributed by atoms with Gasteiger partial charge in [0.2, 0.25) is 0 Å². The number of nitrogens with one attached hydrogen (secondary N) is 1. The number of nitrogens with zero attached hydrogens (tertiary/aromatic N) is 1. The summed E-state index contributed by atoms with van der Waals surface area (Å²) in [5.41, 5.74) is 1.33. The maximum Gasteiger partial charge on any atom is 0.324 e. The number of carbonyl (C=O) groups is 1. The zero-order valence-corrected chi connectivity index (χ0v) is 14.5. The van der Waals surface area contributed by atoms with Gasteiger partial charge in [-0.05, 0) is 30.5 Å². The second-order valence-electron chi connectivity index (χ2n) is 5.84. The topological polar surface area (TPSA) is 75.7 Å². The summed E-state index contributed by atoms with van der Waals surface area (Å²) >= 11 is 0. The molecule has 1 N–H and O–H groups in total. The molecule has 1 atom stereocenters. The van der Waals surface area contributed by atoms with Crippen LogP contribution in [0, 0.1) is 0 Å². The van der Waals surface area contributed by atoms with Gasteiger partial charge in [0.25, 0.3) is 0 Å². The van der Waals surface area contributed by atoms with Crippen LogP contribution in [0.2, 0.25) is 0 Å². The number of esters is 1. The smallest absolute Gasteiger partial charge is 0.324 e. The van der Waals surface area contributed by atoms with Crippen LogP contribution in [-0.2, 0) is 26.3 Å². The van der Waals surface area contributed by atoms with Crippen LogP contribution < -0.4 is 4.72 Å². The van der Waals surface area contributed by atoms with Gasteiger partial charge in [0, 0.05) is 12.2 Å². The van der Waals surface area contributed by atoms with Crippen molar-refractivity contribution in [1.29, 1.82) is 0 Å². The quantitative estimate of drug-likeness (QED) is 0.804. The van der Waals surface area contributed by atoms with E-state index in [4.69, 9.17) is 4.74 Å². The average molecular weight is 360 g/mol. The molecule has 0 aromatic heterocycles. The Morgan fingerprint density at radius 2 is 1.72 bits per heavy atom. The molecule has 7 heteroatoms. The first-order valence-corrected chi connectivity index (χ1v) is 9.55. The minimum absolute atomic E-state index is 0.135. The van der Waals surface area contributed by atoms with Crippen molar-refractivity contribution in [1.82, 2.24) is 4.31 Å². The highest BCUT2D eigenvalue weighted by Gasteiger charge is 2.39. The monoisotopic (exact) mass is 360 g/mol. The Morgan fingerprint density at radius 3 is 2.40 bits per heavy atom. The van der Waals surface area contributed by atoms with Crippen molar-refractivity contribution in [2.45, 2.75) is 25.5 Å². The van der Waals surface area contributed by atoms with Gasteiger partial charge in [-0.3, -0.25) is 9.52 Å². The summed E-state index contributed by atoms with van der Waals surface area (Å²) in [7, 11) is -3.81. The van der Waals surface area contributed by atoms with Crippen LogP contribution in [0.3, 0.4) is 0 Å². The van der Waals surface area contributed by atoms with E-state index in [1.807, 2.05) is 30.3 Å². The number of para-hydroxylation sites is 1. The Hall–Kier alpha value is -2.38. The van der Waals surface area contributed by atoms with E-state index in [0.717, 1.165) is 5.56 Å². The van der Waals surface area contributed by atoms with Crippen LogP contribution in [0.15, 0.2) is 60.7 Å². The van der Waals surface area contributed by atoms with Gasteiger partial charge in [0.15, 0.2) is 0 Å². The fourth-order valence-corrected chi connectivity index (χ4v) is 4.25. The zero-order valence-electron chi connectivity index (χ0n) is 13.7. The van der Waals surface area contributed by atoms with E-state index >= 15 is 0 Å². The van der Waals surface area contributed by atoms with Gasteiger partial charge in [-0.2, -0.15) is 12.7 Å². The van der Waals surface area contributed by atoms with Gasteiger partial charge in [-0.1, -0.05) is 48.5 Å². The molecule has 1 saturated heterocycles. The van der Waals surface area contributed by atoms with Crippen molar-refractivity contribution in [3.05, 3.63) is 66.2 Å².